The van der Waals surface area contributed by atoms with Gasteiger partial charge in [-0.25, -0.2) is 13.1 Å². The van der Waals surface area contributed by atoms with Crippen LogP contribution in [0.2, 0.25) is 0 Å². The van der Waals surface area contributed by atoms with E-state index in [4.69, 9.17) is 0 Å². The highest BCUT2D eigenvalue weighted by atomic mass is 32.2. The zero-order valence-corrected chi connectivity index (χ0v) is 35.4. The van der Waals surface area contributed by atoms with Gasteiger partial charge in [0.05, 0.1) is 4.90 Å². The van der Waals surface area contributed by atoms with Crippen molar-refractivity contribution in [2.24, 2.45) is 16.2 Å². The molecule has 55 heavy (non-hydrogen) atoms. The van der Waals surface area contributed by atoms with Crippen molar-refractivity contribution in [2.75, 3.05) is 69.3 Å². The molecule has 10 heteroatoms. The zero-order chi connectivity index (χ0) is 39.0. The van der Waals surface area contributed by atoms with E-state index >= 15 is 0 Å². The van der Waals surface area contributed by atoms with E-state index in [0.717, 1.165) is 68.4 Å². The minimum atomic E-state index is -4.07. The highest BCUT2D eigenvalue weighted by Crippen LogP contribution is 2.77. The third-order valence-electron chi connectivity index (χ3n) is 12.6. The Kier molecular flexibility index (Phi) is 11.5. The first-order valence-electron chi connectivity index (χ1n) is 20.2. The smallest absolute Gasteiger partial charge is 0.264 e. The molecule has 3 saturated carbocycles. The molecule has 8 nitrogen and oxygen atoms in total. The van der Waals surface area contributed by atoms with Crippen LogP contribution in [0.15, 0.2) is 93.7 Å². The number of hydrogen-bond acceptors (Lipinski definition) is 8. The van der Waals surface area contributed by atoms with Gasteiger partial charge < -0.3 is 15.1 Å². The summed E-state index contributed by atoms with van der Waals surface area (Å²) in [5.41, 5.74) is 8.20. The molecule has 3 aromatic rings. The van der Waals surface area contributed by atoms with Crippen molar-refractivity contribution in [3.63, 3.8) is 0 Å². The lowest BCUT2D eigenvalue weighted by molar-refractivity contribution is -0.167. The number of nitrogens with one attached hydrogen (secondary N) is 2. The Labute approximate surface area is 334 Å². The van der Waals surface area contributed by atoms with Crippen LogP contribution in [0.5, 0.6) is 0 Å². The second kappa shape index (κ2) is 15.9. The summed E-state index contributed by atoms with van der Waals surface area (Å²) < 4.78 is 29.1. The quantitative estimate of drug-likeness (QED) is 0.117. The molecule has 1 aliphatic heterocycles. The molecule has 296 valence electrons. The number of sulfonamides is 1. The number of anilines is 2. The van der Waals surface area contributed by atoms with Crippen molar-refractivity contribution < 1.29 is 13.2 Å². The van der Waals surface area contributed by atoms with Gasteiger partial charge in [-0.2, -0.15) is 0 Å². The van der Waals surface area contributed by atoms with Gasteiger partial charge in [0.1, 0.15) is 0 Å². The third-order valence-corrected chi connectivity index (χ3v) is 15.1. The number of rotatable bonds is 15. The monoisotopic (exact) mass is 783 g/mol. The van der Waals surface area contributed by atoms with Crippen molar-refractivity contribution in [3.8, 4) is 0 Å². The van der Waals surface area contributed by atoms with Gasteiger partial charge in [0.25, 0.3) is 15.9 Å². The lowest BCUT2D eigenvalue weighted by Crippen LogP contribution is -2.61. The van der Waals surface area contributed by atoms with Gasteiger partial charge in [-0.3, -0.25) is 9.69 Å². The molecule has 4 fully saturated rings. The predicted octanol–water partition coefficient (Wildman–Crippen LogP) is 8.46. The second-order valence-corrected chi connectivity index (χ2v) is 21.1. The molecule has 5 aliphatic rings. The number of piperazine rings is 1. The number of carbonyl (C=O) groups excluding carboxylic acids is 1. The molecule has 2 bridgehead atoms. The molecule has 1 saturated heterocycles. The number of hydrogen-bond donors (Lipinski definition) is 2. The topological polar surface area (TPSA) is 85.0 Å². The molecule has 1 heterocycles. The molecular weight excluding hydrogens is 723 g/mol. The third kappa shape index (κ3) is 9.30. The molecule has 4 aliphatic carbocycles. The fraction of sp³-hybridized carbons (Fsp3) is 0.533. The van der Waals surface area contributed by atoms with E-state index in [9.17, 15) is 13.2 Å². The largest absolute Gasteiger partial charge is 0.381 e. The van der Waals surface area contributed by atoms with Crippen LogP contribution < -0.4 is 14.9 Å². The van der Waals surface area contributed by atoms with Crippen molar-refractivity contribution in [2.45, 2.75) is 88.5 Å². The normalized spacial score (nSPS) is 24.2. The van der Waals surface area contributed by atoms with Crippen LogP contribution in [0.3, 0.4) is 0 Å². The molecule has 8 rings (SSSR count). The fourth-order valence-electron chi connectivity index (χ4n) is 9.69. The molecule has 0 aromatic heterocycles. The Bertz CT molecular complexity index is 1970. The number of allylic oxidation sites excluding steroid dienone is 1. The summed E-state index contributed by atoms with van der Waals surface area (Å²) >= 11 is 1.81. The van der Waals surface area contributed by atoms with Gasteiger partial charge in [0, 0.05) is 66.4 Å². The van der Waals surface area contributed by atoms with Gasteiger partial charge in [0.2, 0.25) is 0 Å². The summed E-state index contributed by atoms with van der Waals surface area (Å²) in [5, 5.41) is 3.65. The van der Waals surface area contributed by atoms with Crippen LogP contribution in [-0.2, 0) is 10.0 Å². The summed E-state index contributed by atoms with van der Waals surface area (Å²) in [6, 6.07) is 22.9. The van der Waals surface area contributed by atoms with E-state index in [1.54, 1.807) is 47.7 Å². The minimum Gasteiger partial charge on any atom is -0.381 e. The summed E-state index contributed by atoms with van der Waals surface area (Å²) in [6.07, 6.45) is 8.96. The average molecular weight is 784 g/mol. The minimum absolute atomic E-state index is 0.0696. The molecule has 1 atom stereocenters. The number of carbonyl (C=O) groups is 1. The number of benzene rings is 3. The summed E-state index contributed by atoms with van der Waals surface area (Å²) in [6.45, 7) is 15.2. The van der Waals surface area contributed by atoms with Crippen LogP contribution >= 0.6 is 11.8 Å². The Balaban J connectivity index is 0.922. The molecule has 2 N–H and O–H groups in total. The maximum absolute atomic E-state index is 13.4. The van der Waals surface area contributed by atoms with Crippen LogP contribution in [0.25, 0.3) is 0 Å². The van der Waals surface area contributed by atoms with Crippen molar-refractivity contribution in [1.29, 1.82) is 0 Å². The van der Waals surface area contributed by atoms with Gasteiger partial charge in [-0.15, -0.1) is 11.8 Å². The zero-order valence-electron chi connectivity index (χ0n) is 33.8. The Morgan fingerprint density at radius 3 is 2.25 bits per heavy atom. The van der Waals surface area contributed by atoms with Crippen LogP contribution in [0.1, 0.15) is 81.6 Å². The number of amides is 1. The molecule has 1 amide bonds. The average Bonchev–Trinajstić information content (AvgIpc) is 3.13. The van der Waals surface area contributed by atoms with Gasteiger partial charge in [0.15, 0.2) is 0 Å². The number of aryl methyl sites for hydroxylation is 1. The van der Waals surface area contributed by atoms with Crippen LogP contribution in [0.4, 0.5) is 11.4 Å². The summed E-state index contributed by atoms with van der Waals surface area (Å²) in [4.78, 5) is 21.7. The second-order valence-electron chi connectivity index (χ2n) is 18.3. The van der Waals surface area contributed by atoms with E-state index in [1.165, 1.54) is 43.4 Å². The van der Waals surface area contributed by atoms with E-state index < -0.39 is 15.9 Å². The van der Waals surface area contributed by atoms with E-state index in [-0.39, 0.29) is 10.9 Å². The predicted molar refractivity (Wildman–Crippen MR) is 228 cm³/mol. The Morgan fingerprint density at radius 1 is 0.927 bits per heavy atom. The van der Waals surface area contributed by atoms with Crippen molar-refractivity contribution >= 4 is 39.1 Å². The first-order chi connectivity index (χ1) is 26.1. The standard InChI is InChI=1S/C45H61N5O3S2/c1-33-26-39(16-17-41(33)46-36(19-21-48(5)6)29-54-38-10-8-7-9-11-38)55(52,53)47-42(51)34-12-14-37(15-13-34)50-24-22-49(23-25-50)28-35-18-20-43(2,3)27-40(35)45-30-44(4,31-45)32-45/h7-17,26,36,46H,18-25,27-32H2,1-6H3,(H,47,51)/t36-,44?,45?/m1/s1. The lowest BCUT2D eigenvalue weighted by atomic mass is 9.33. The molecule has 3 aromatic carbocycles. The number of thioether (sulfide) groups is 1. The van der Waals surface area contributed by atoms with Crippen molar-refractivity contribution in [1.82, 2.24) is 14.5 Å². The van der Waals surface area contributed by atoms with Crippen LogP contribution in [0, 0.1) is 23.2 Å². The SMILES string of the molecule is Cc1cc(S(=O)(=O)NC(=O)c2ccc(N3CCN(CC4=C(C56CC(C)(C5)C6)CC(C)(C)CC4)CC3)cc2)ccc1N[C@H](CCN(C)C)CSc1ccccc1. The van der Waals surface area contributed by atoms with Gasteiger partial charge in [-0.05, 0) is 149 Å². The molecule has 0 spiro atoms. The van der Waals surface area contributed by atoms with E-state index in [0.29, 0.717) is 21.8 Å². The first kappa shape index (κ1) is 39.9. The van der Waals surface area contributed by atoms with E-state index in [2.05, 4.69) is 71.7 Å². The van der Waals surface area contributed by atoms with E-state index in [1.807, 2.05) is 42.8 Å². The van der Waals surface area contributed by atoms with Gasteiger partial charge >= 0.3 is 0 Å². The fourth-order valence-corrected chi connectivity index (χ4v) is 11.7. The molecule has 0 unspecified atom stereocenters. The highest BCUT2D eigenvalue weighted by molar-refractivity contribution is 7.99. The first-order valence-corrected chi connectivity index (χ1v) is 22.6. The number of nitrogens with zero attached hydrogens (tertiary/aromatic N) is 3. The maximum Gasteiger partial charge on any atom is 0.264 e. The summed E-state index contributed by atoms with van der Waals surface area (Å²) in [5.74, 6) is 0.246. The molecular formula is C45H61N5O3S2. The van der Waals surface area contributed by atoms with Gasteiger partial charge in [-0.1, -0.05) is 50.1 Å². The van der Waals surface area contributed by atoms with Crippen LogP contribution in [-0.4, -0.2) is 89.3 Å². The Hall–Kier alpha value is -3.31. The lowest BCUT2D eigenvalue weighted by Gasteiger charge is -2.72. The van der Waals surface area contributed by atoms with Crippen molar-refractivity contribution in [3.05, 3.63) is 95.1 Å². The summed E-state index contributed by atoms with van der Waals surface area (Å²) in [7, 11) is 0.0682. The maximum atomic E-state index is 13.4. The highest BCUT2D eigenvalue weighted by Gasteiger charge is 2.66. The Morgan fingerprint density at radius 2 is 1.62 bits per heavy atom. The molecule has 0 radical (unpaired) electrons.